The van der Waals surface area contributed by atoms with Gasteiger partial charge in [0.15, 0.2) is 5.43 Å². The maximum atomic E-state index is 12.5. The summed E-state index contributed by atoms with van der Waals surface area (Å²) >= 11 is 0. The summed E-state index contributed by atoms with van der Waals surface area (Å²) in [5, 5.41) is 3.35. The highest BCUT2D eigenvalue weighted by Gasteiger charge is 2.03. The van der Waals surface area contributed by atoms with E-state index in [0.717, 1.165) is 27.3 Å². The Kier molecular flexibility index (Phi) is 2.92. The normalized spacial score (nSPS) is 10.8. The van der Waals surface area contributed by atoms with E-state index in [1.54, 1.807) is 0 Å². The fourth-order valence-corrected chi connectivity index (χ4v) is 2.32. The summed E-state index contributed by atoms with van der Waals surface area (Å²) in [6.45, 7) is 2.57. The highest BCUT2D eigenvalue weighted by molar-refractivity contribution is 5.93. The van der Waals surface area contributed by atoms with Gasteiger partial charge in [0, 0.05) is 10.8 Å². The summed E-state index contributed by atoms with van der Waals surface area (Å²) in [7, 11) is 0. The zero-order valence-corrected chi connectivity index (χ0v) is 10.7. The Labute approximate surface area is 111 Å². The molecule has 0 saturated heterocycles. The smallest absolute Gasteiger partial charge is 0.194 e. The number of rotatable bonds is 2. The second-order valence-electron chi connectivity index (χ2n) is 4.43. The monoisotopic (exact) mass is 250 g/mol. The lowest BCUT2D eigenvalue weighted by atomic mass is 10.1. The molecule has 3 rings (SSSR count). The van der Waals surface area contributed by atoms with E-state index in [2.05, 4.69) is 0 Å². The molecule has 2 heteroatoms. The van der Waals surface area contributed by atoms with Gasteiger partial charge in [-0.05, 0) is 35.9 Å². The molecule has 3 aromatic rings. The second-order valence-corrected chi connectivity index (χ2v) is 4.43. The minimum Gasteiger partial charge on any atom is -0.494 e. The second kappa shape index (κ2) is 4.73. The van der Waals surface area contributed by atoms with E-state index in [-0.39, 0.29) is 5.43 Å². The molecule has 94 valence electrons. The predicted octanol–water partition coefficient (Wildman–Crippen LogP) is 3.75. The summed E-state index contributed by atoms with van der Waals surface area (Å²) in [4.78, 5) is 12.5. The van der Waals surface area contributed by atoms with Crippen LogP contribution in [0.15, 0.2) is 59.4 Å². The topological polar surface area (TPSA) is 26.3 Å². The summed E-state index contributed by atoms with van der Waals surface area (Å²) in [5.41, 5.74) is 0.0682. The molecule has 0 spiro atoms. The summed E-state index contributed by atoms with van der Waals surface area (Å²) < 4.78 is 5.48. The molecule has 19 heavy (non-hydrogen) atoms. The quantitative estimate of drug-likeness (QED) is 0.692. The average Bonchev–Trinajstić information content (AvgIpc) is 2.58. The van der Waals surface area contributed by atoms with Crippen LogP contribution in [-0.4, -0.2) is 6.61 Å². The molecule has 2 nitrogen and oxygen atoms in total. The molecule has 0 aromatic heterocycles. The number of fused-ring (bicyclic) bond motifs is 2. The Hall–Kier alpha value is -2.35. The van der Waals surface area contributed by atoms with Crippen molar-refractivity contribution in [1.82, 2.24) is 0 Å². The van der Waals surface area contributed by atoms with E-state index in [1.165, 1.54) is 0 Å². The summed E-state index contributed by atoms with van der Waals surface area (Å²) in [5.74, 6) is 0.796. The van der Waals surface area contributed by atoms with Crippen molar-refractivity contribution in [3.63, 3.8) is 0 Å². The molecular formula is C17H14O2. The molecular weight excluding hydrogens is 236 g/mol. The fraction of sp³-hybridized carbons (Fsp3) is 0.118. The highest BCUT2D eigenvalue weighted by atomic mass is 16.5. The predicted molar refractivity (Wildman–Crippen MR) is 78.9 cm³/mol. The first-order valence-electron chi connectivity index (χ1n) is 6.38. The van der Waals surface area contributed by atoms with E-state index >= 15 is 0 Å². The van der Waals surface area contributed by atoms with Crippen molar-refractivity contribution in [2.45, 2.75) is 6.92 Å². The number of ether oxygens (including phenoxy) is 1. The number of hydrogen-bond donors (Lipinski definition) is 0. The zero-order chi connectivity index (χ0) is 13.2. The van der Waals surface area contributed by atoms with Crippen molar-refractivity contribution in [3.05, 3.63) is 64.8 Å². The van der Waals surface area contributed by atoms with Crippen molar-refractivity contribution < 1.29 is 4.74 Å². The highest BCUT2D eigenvalue weighted by Crippen LogP contribution is 2.20. The molecule has 0 amide bonds. The standard InChI is InChI=1S/C17H14O2/c1-2-19-14-9-10-16-13(11-14)8-7-12-5-3-4-6-15(12)17(16)18/h3-11H,2H2,1H3. The molecule has 0 heterocycles. The maximum absolute atomic E-state index is 12.5. The maximum Gasteiger partial charge on any atom is 0.194 e. The molecule has 0 aliphatic carbocycles. The van der Waals surface area contributed by atoms with Crippen LogP contribution in [0.2, 0.25) is 0 Å². The first-order valence-corrected chi connectivity index (χ1v) is 6.38. The average molecular weight is 250 g/mol. The van der Waals surface area contributed by atoms with Gasteiger partial charge in [-0.2, -0.15) is 0 Å². The molecule has 0 bridgehead atoms. The van der Waals surface area contributed by atoms with Gasteiger partial charge in [-0.25, -0.2) is 0 Å². The van der Waals surface area contributed by atoms with Gasteiger partial charge in [0.25, 0.3) is 0 Å². The van der Waals surface area contributed by atoms with E-state index in [4.69, 9.17) is 4.74 Å². The Morgan fingerprint density at radius 2 is 1.63 bits per heavy atom. The lowest BCUT2D eigenvalue weighted by Crippen LogP contribution is -1.98. The summed E-state index contributed by atoms with van der Waals surface area (Å²) in [6.07, 6.45) is 0. The minimum atomic E-state index is 0.0682. The molecule has 0 atom stereocenters. The van der Waals surface area contributed by atoms with Gasteiger partial charge in [-0.1, -0.05) is 36.4 Å². The first-order chi connectivity index (χ1) is 9.29. The Morgan fingerprint density at radius 3 is 2.47 bits per heavy atom. The largest absolute Gasteiger partial charge is 0.494 e. The summed E-state index contributed by atoms with van der Waals surface area (Å²) in [6, 6.07) is 17.2. The van der Waals surface area contributed by atoms with Crippen LogP contribution >= 0.6 is 0 Å². The molecule has 0 N–H and O–H groups in total. The van der Waals surface area contributed by atoms with Crippen LogP contribution in [0.3, 0.4) is 0 Å². The van der Waals surface area contributed by atoms with Crippen LogP contribution in [0.4, 0.5) is 0 Å². The third-order valence-corrected chi connectivity index (χ3v) is 3.23. The van der Waals surface area contributed by atoms with Gasteiger partial charge >= 0.3 is 0 Å². The SMILES string of the molecule is CCOc1ccc2c(=O)c3ccccc3ccc2c1. The lowest BCUT2D eigenvalue weighted by molar-refractivity contribution is 0.341. The first kappa shape index (κ1) is 11.7. The van der Waals surface area contributed by atoms with Crippen LogP contribution < -0.4 is 10.2 Å². The molecule has 0 aliphatic rings. The van der Waals surface area contributed by atoms with Crippen LogP contribution in [0.5, 0.6) is 5.75 Å². The number of benzene rings is 2. The molecule has 0 radical (unpaired) electrons. The van der Waals surface area contributed by atoms with E-state index in [0.29, 0.717) is 6.61 Å². The third-order valence-electron chi connectivity index (χ3n) is 3.23. The van der Waals surface area contributed by atoms with Crippen molar-refractivity contribution in [2.75, 3.05) is 6.61 Å². The van der Waals surface area contributed by atoms with Crippen molar-refractivity contribution in [3.8, 4) is 5.75 Å². The van der Waals surface area contributed by atoms with Gasteiger partial charge in [0.05, 0.1) is 6.61 Å². The molecule has 0 fully saturated rings. The Bertz CT molecular complexity index is 806. The zero-order valence-electron chi connectivity index (χ0n) is 10.7. The van der Waals surface area contributed by atoms with Crippen molar-refractivity contribution in [2.24, 2.45) is 0 Å². The van der Waals surface area contributed by atoms with Crippen LogP contribution in [0, 0.1) is 0 Å². The van der Waals surface area contributed by atoms with Crippen molar-refractivity contribution in [1.29, 1.82) is 0 Å². The van der Waals surface area contributed by atoms with Crippen LogP contribution in [0.25, 0.3) is 21.5 Å². The third kappa shape index (κ3) is 2.06. The molecule has 0 unspecified atom stereocenters. The van der Waals surface area contributed by atoms with E-state index in [9.17, 15) is 4.79 Å². The van der Waals surface area contributed by atoms with E-state index < -0.39 is 0 Å². The van der Waals surface area contributed by atoms with Gasteiger partial charge in [0.1, 0.15) is 5.75 Å². The number of hydrogen-bond acceptors (Lipinski definition) is 2. The van der Waals surface area contributed by atoms with Gasteiger partial charge in [-0.3, -0.25) is 4.79 Å². The van der Waals surface area contributed by atoms with Crippen LogP contribution in [-0.2, 0) is 0 Å². The van der Waals surface area contributed by atoms with Crippen molar-refractivity contribution >= 4 is 21.5 Å². The molecule has 0 saturated carbocycles. The Morgan fingerprint density at radius 1 is 0.895 bits per heavy atom. The minimum absolute atomic E-state index is 0.0682. The van der Waals surface area contributed by atoms with E-state index in [1.807, 2.05) is 61.5 Å². The van der Waals surface area contributed by atoms with Gasteiger partial charge in [0.2, 0.25) is 0 Å². The lowest BCUT2D eigenvalue weighted by Gasteiger charge is -2.02. The van der Waals surface area contributed by atoms with Crippen LogP contribution in [0.1, 0.15) is 6.92 Å². The van der Waals surface area contributed by atoms with Gasteiger partial charge in [-0.15, -0.1) is 0 Å². The molecule has 3 aromatic carbocycles. The fourth-order valence-electron chi connectivity index (χ4n) is 2.32. The molecule has 0 aliphatic heterocycles. The van der Waals surface area contributed by atoms with Gasteiger partial charge < -0.3 is 4.74 Å². The Balaban J connectivity index is 2.41.